The van der Waals surface area contributed by atoms with Crippen LogP contribution in [-0.2, 0) is 9.59 Å². The predicted octanol–water partition coefficient (Wildman–Crippen LogP) is 2.51. The molecule has 2 aliphatic rings. The molecule has 0 aliphatic carbocycles. The minimum Gasteiger partial charge on any atom is -0.355 e. The molecule has 124 valence electrons. The van der Waals surface area contributed by atoms with Crippen molar-refractivity contribution in [1.82, 2.24) is 10.3 Å². The van der Waals surface area contributed by atoms with E-state index in [1.54, 1.807) is 11.8 Å². The van der Waals surface area contributed by atoms with Gasteiger partial charge in [0.2, 0.25) is 11.8 Å². The van der Waals surface area contributed by atoms with E-state index in [9.17, 15) is 9.59 Å². The molecule has 2 aromatic rings. The van der Waals surface area contributed by atoms with Gasteiger partial charge in [-0.05, 0) is 43.4 Å². The number of anilines is 1. The number of aryl methyl sites for hydroxylation is 1. The van der Waals surface area contributed by atoms with Crippen molar-refractivity contribution in [1.29, 1.82) is 0 Å². The molecule has 1 N–H and O–H groups in total. The zero-order valence-electron chi connectivity index (χ0n) is 13.8. The van der Waals surface area contributed by atoms with E-state index in [2.05, 4.69) is 47.7 Å². The number of imide groups is 1. The number of carbonyl (C=O) groups excluding carboxylic acids is 2. The van der Waals surface area contributed by atoms with E-state index in [-0.39, 0.29) is 11.8 Å². The number of amides is 2. The molecule has 0 saturated carbocycles. The number of hydrogen-bond acceptors (Lipinski definition) is 5. The standard InChI is InChI=1S/C18H19N3O2S/c1-11-7-15(19-14-8-12(24-2)3-4-13(11)14)21-6-5-18(10-21)9-16(22)20-17(18)23/h3-4,7-8H,5-6,9-10H2,1-2H3,(H,20,22,23). The van der Waals surface area contributed by atoms with Crippen LogP contribution in [0.4, 0.5) is 5.82 Å². The van der Waals surface area contributed by atoms with Gasteiger partial charge in [0.25, 0.3) is 0 Å². The summed E-state index contributed by atoms with van der Waals surface area (Å²) in [6, 6.07) is 8.41. The average Bonchev–Trinajstić information content (AvgIpc) is 3.10. The Morgan fingerprint density at radius 1 is 1.29 bits per heavy atom. The van der Waals surface area contributed by atoms with Crippen molar-refractivity contribution in [2.45, 2.75) is 24.7 Å². The fourth-order valence-electron chi connectivity index (χ4n) is 3.74. The Morgan fingerprint density at radius 2 is 2.12 bits per heavy atom. The third kappa shape index (κ3) is 2.36. The van der Waals surface area contributed by atoms with Gasteiger partial charge < -0.3 is 4.90 Å². The van der Waals surface area contributed by atoms with Crippen LogP contribution in [0.5, 0.6) is 0 Å². The zero-order valence-corrected chi connectivity index (χ0v) is 14.6. The molecule has 2 aliphatic heterocycles. The lowest BCUT2D eigenvalue weighted by Crippen LogP contribution is -2.34. The molecule has 5 nitrogen and oxygen atoms in total. The Kier molecular flexibility index (Phi) is 3.53. The summed E-state index contributed by atoms with van der Waals surface area (Å²) in [6.07, 6.45) is 3.05. The van der Waals surface area contributed by atoms with E-state index in [0.29, 0.717) is 19.4 Å². The normalized spacial score (nSPS) is 23.5. The van der Waals surface area contributed by atoms with Gasteiger partial charge in [0.05, 0.1) is 10.9 Å². The Morgan fingerprint density at radius 3 is 2.83 bits per heavy atom. The van der Waals surface area contributed by atoms with Gasteiger partial charge in [-0.15, -0.1) is 11.8 Å². The lowest BCUT2D eigenvalue weighted by atomic mass is 9.85. The number of hydrogen-bond donors (Lipinski definition) is 1. The molecule has 2 amide bonds. The Balaban J connectivity index is 1.70. The van der Waals surface area contributed by atoms with Gasteiger partial charge in [0.15, 0.2) is 0 Å². The maximum atomic E-state index is 12.2. The Labute approximate surface area is 144 Å². The van der Waals surface area contributed by atoms with E-state index < -0.39 is 5.41 Å². The van der Waals surface area contributed by atoms with Crippen LogP contribution in [-0.4, -0.2) is 36.1 Å². The molecule has 1 spiro atoms. The van der Waals surface area contributed by atoms with Crippen LogP contribution in [0, 0.1) is 12.3 Å². The van der Waals surface area contributed by atoms with Crippen molar-refractivity contribution in [2.75, 3.05) is 24.2 Å². The largest absolute Gasteiger partial charge is 0.355 e. The van der Waals surface area contributed by atoms with E-state index in [0.717, 1.165) is 23.3 Å². The first-order valence-corrected chi connectivity index (χ1v) is 9.28. The number of rotatable bonds is 2. The van der Waals surface area contributed by atoms with Gasteiger partial charge in [0, 0.05) is 29.8 Å². The van der Waals surface area contributed by atoms with Crippen LogP contribution in [0.2, 0.25) is 0 Å². The summed E-state index contributed by atoms with van der Waals surface area (Å²) in [5.74, 6) is 0.605. The van der Waals surface area contributed by atoms with Crippen LogP contribution in [0.1, 0.15) is 18.4 Å². The first-order chi connectivity index (χ1) is 11.5. The molecule has 3 heterocycles. The third-order valence-electron chi connectivity index (χ3n) is 5.12. The number of carbonyl (C=O) groups is 2. The number of nitrogens with one attached hydrogen (secondary N) is 1. The highest BCUT2D eigenvalue weighted by atomic mass is 32.2. The zero-order chi connectivity index (χ0) is 16.9. The molecule has 2 fully saturated rings. The van der Waals surface area contributed by atoms with Gasteiger partial charge in [-0.3, -0.25) is 14.9 Å². The van der Waals surface area contributed by atoms with Crippen molar-refractivity contribution in [3.8, 4) is 0 Å². The highest BCUT2D eigenvalue weighted by Crippen LogP contribution is 2.39. The second-order valence-corrected chi connectivity index (χ2v) is 7.57. The number of thioether (sulfide) groups is 1. The van der Waals surface area contributed by atoms with Crippen LogP contribution < -0.4 is 10.2 Å². The molecule has 4 rings (SSSR count). The summed E-state index contributed by atoms with van der Waals surface area (Å²) in [7, 11) is 0. The van der Waals surface area contributed by atoms with Crippen LogP contribution in [0.25, 0.3) is 10.9 Å². The van der Waals surface area contributed by atoms with Crippen molar-refractivity contribution < 1.29 is 9.59 Å². The molecule has 0 bridgehead atoms. The summed E-state index contributed by atoms with van der Waals surface area (Å²) in [4.78, 5) is 31.9. The summed E-state index contributed by atoms with van der Waals surface area (Å²) in [5.41, 5.74) is 1.59. The molecule has 0 radical (unpaired) electrons. The molecule has 1 atom stereocenters. The number of nitrogens with zero attached hydrogens (tertiary/aromatic N) is 2. The van der Waals surface area contributed by atoms with Gasteiger partial charge >= 0.3 is 0 Å². The molecule has 6 heteroatoms. The molecule has 2 saturated heterocycles. The first kappa shape index (κ1) is 15.4. The van der Waals surface area contributed by atoms with Crippen LogP contribution in [0.3, 0.4) is 0 Å². The minimum absolute atomic E-state index is 0.128. The maximum Gasteiger partial charge on any atom is 0.235 e. The monoisotopic (exact) mass is 341 g/mol. The summed E-state index contributed by atoms with van der Waals surface area (Å²) in [6.45, 7) is 3.40. The Bertz CT molecular complexity index is 867. The molecule has 24 heavy (non-hydrogen) atoms. The highest BCUT2D eigenvalue weighted by molar-refractivity contribution is 7.98. The minimum atomic E-state index is -0.567. The molecular weight excluding hydrogens is 322 g/mol. The second kappa shape index (κ2) is 5.48. The van der Waals surface area contributed by atoms with Gasteiger partial charge in [-0.25, -0.2) is 4.98 Å². The average molecular weight is 341 g/mol. The van der Waals surface area contributed by atoms with E-state index in [4.69, 9.17) is 4.98 Å². The quantitative estimate of drug-likeness (QED) is 0.672. The smallest absolute Gasteiger partial charge is 0.235 e. The lowest BCUT2D eigenvalue weighted by molar-refractivity contribution is -0.127. The number of benzene rings is 1. The first-order valence-electron chi connectivity index (χ1n) is 8.05. The molecule has 1 aromatic heterocycles. The number of aromatic nitrogens is 1. The SMILES string of the molecule is CSc1ccc2c(C)cc(N3CCC4(CC(=O)NC4=O)C3)nc2c1. The Hall–Kier alpha value is -2.08. The summed E-state index contributed by atoms with van der Waals surface area (Å²) < 4.78 is 0. The predicted molar refractivity (Wildman–Crippen MR) is 95.3 cm³/mol. The van der Waals surface area contributed by atoms with E-state index in [1.165, 1.54) is 10.5 Å². The molecule has 1 aromatic carbocycles. The lowest BCUT2D eigenvalue weighted by Gasteiger charge is -2.22. The van der Waals surface area contributed by atoms with Gasteiger partial charge in [-0.1, -0.05) is 6.07 Å². The van der Waals surface area contributed by atoms with Crippen LogP contribution in [0.15, 0.2) is 29.2 Å². The fourth-order valence-corrected chi connectivity index (χ4v) is 4.18. The van der Waals surface area contributed by atoms with Crippen molar-refractivity contribution in [3.63, 3.8) is 0 Å². The van der Waals surface area contributed by atoms with Crippen molar-refractivity contribution >= 4 is 40.3 Å². The number of fused-ring (bicyclic) bond motifs is 1. The molecular formula is C18H19N3O2S. The number of pyridine rings is 1. The van der Waals surface area contributed by atoms with Gasteiger partial charge in [0.1, 0.15) is 5.82 Å². The fraction of sp³-hybridized carbons (Fsp3) is 0.389. The van der Waals surface area contributed by atoms with E-state index >= 15 is 0 Å². The third-order valence-corrected chi connectivity index (χ3v) is 5.85. The van der Waals surface area contributed by atoms with Crippen molar-refractivity contribution in [3.05, 3.63) is 29.8 Å². The maximum absolute atomic E-state index is 12.2. The summed E-state index contributed by atoms with van der Waals surface area (Å²) >= 11 is 1.70. The summed E-state index contributed by atoms with van der Waals surface area (Å²) in [5, 5.41) is 3.60. The van der Waals surface area contributed by atoms with Gasteiger partial charge in [-0.2, -0.15) is 0 Å². The van der Waals surface area contributed by atoms with E-state index in [1.807, 2.05) is 0 Å². The molecule has 1 unspecified atom stereocenters. The second-order valence-electron chi connectivity index (χ2n) is 6.69. The van der Waals surface area contributed by atoms with Crippen molar-refractivity contribution in [2.24, 2.45) is 5.41 Å². The topological polar surface area (TPSA) is 62.3 Å². The van der Waals surface area contributed by atoms with Crippen LogP contribution >= 0.6 is 11.8 Å². The highest BCUT2D eigenvalue weighted by Gasteiger charge is 2.51.